The Morgan fingerprint density at radius 2 is 1.81 bits per heavy atom. The van der Waals surface area contributed by atoms with Gasteiger partial charge in [0.25, 0.3) is 5.91 Å². The lowest BCUT2D eigenvalue weighted by atomic mass is 10.1. The van der Waals surface area contributed by atoms with Crippen LogP contribution in [0.3, 0.4) is 0 Å². The van der Waals surface area contributed by atoms with Crippen molar-refractivity contribution < 1.29 is 22.4 Å². The maximum Gasteiger partial charge on any atom is 0.435 e. The van der Waals surface area contributed by atoms with Crippen molar-refractivity contribution in [2.75, 3.05) is 0 Å². The second-order valence-electron chi connectivity index (χ2n) is 5.62. The number of nitrogens with zero attached hydrogens (tertiary/aromatic N) is 2. The topological polar surface area (TPSA) is 46.9 Å². The Balaban J connectivity index is 1.66. The van der Waals surface area contributed by atoms with Crippen molar-refractivity contribution in [3.05, 3.63) is 81.8 Å². The van der Waals surface area contributed by atoms with Crippen molar-refractivity contribution in [3.8, 4) is 5.69 Å². The van der Waals surface area contributed by atoms with E-state index in [2.05, 4.69) is 26.3 Å². The van der Waals surface area contributed by atoms with Gasteiger partial charge in [-0.05, 0) is 42.0 Å². The molecular formula is C18H12BrF4N3O. The molecule has 1 amide bonds. The SMILES string of the molecule is O=C(NCc1ccc(-n2ccc(C(F)(F)F)n2)cc1)c1cc(Br)ccc1F. The van der Waals surface area contributed by atoms with Crippen molar-refractivity contribution in [3.63, 3.8) is 0 Å². The van der Waals surface area contributed by atoms with Crippen LogP contribution < -0.4 is 5.32 Å². The van der Waals surface area contributed by atoms with Crippen LogP contribution in [-0.4, -0.2) is 15.7 Å². The summed E-state index contributed by atoms with van der Waals surface area (Å²) in [6.45, 7) is 0.137. The molecule has 0 aliphatic rings. The first-order valence-electron chi connectivity index (χ1n) is 7.69. The van der Waals surface area contributed by atoms with E-state index in [1.807, 2.05) is 0 Å². The number of benzene rings is 2. The van der Waals surface area contributed by atoms with E-state index in [0.717, 1.165) is 10.7 Å². The highest BCUT2D eigenvalue weighted by Gasteiger charge is 2.33. The van der Waals surface area contributed by atoms with Gasteiger partial charge in [0.15, 0.2) is 5.69 Å². The molecule has 0 saturated heterocycles. The molecule has 140 valence electrons. The first-order chi connectivity index (χ1) is 12.7. The second kappa shape index (κ2) is 7.51. The molecule has 4 nitrogen and oxygen atoms in total. The summed E-state index contributed by atoms with van der Waals surface area (Å²) in [5, 5.41) is 6.08. The molecule has 1 N–H and O–H groups in total. The van der Waals surface area contributed by atoms with Crippen LogP contribution in [-0.2, 0) is 12.7 Å². The van der Waals surface area contributed by atoms with E-state index in [1.54, 1.807) is 24.3 Å². The fraction of sp³-hybridized carbons (Fsp3) is 0.111. The van der Waals surface area contributed by atoms with E-state index in [9.17, 15) is 22.4 Å². The van der Waals surface area contributed by atoms with E-state index >= 15 is 0 Å². The number of alkyl halides is 3. The molecule has 1 aromatic heterocycles. The summed E-state index contributed by atoms with van der Waals surface area (Å²) in [6, 6.07) is 11.4. The number of hydrogen-bond donors (Lipinski definition) is 1. The monoisotopic (exact) mass is 441 g/mol. The third-order valence-electron chi connectivity index (χ3n) is 3.71. The molecule has 0 atom stereocenters. The van der Waals surface area contributed by atoms with Gasteiger partial charge in [-0.3, -0.25) is 4.79 Å². The number of hydrogen-bond acceptors (Lipinski definition) is 2. The molecule has 2 aromatic carbocycles. The highest BCUT2D eigenvalue weighted by molar-refractivity contribution is 9.10. The van der Waals surface area contributed by atoms with Crippen LogP contribution in [0, 0.1) is 5.82 Å². The van der Waals surface area contributed by atoms with Gasteiger partial charge in [-0.1, -0.05) is 28.1 Å². The third-order valence-corrected chi connectivity index (χ3v) is 4.20. The molecule has 3 aromatic rings. The largest absolute Gasteiger partial charge is 0.435 e. The Labute approximate surface area is 159 Å². The molecule has 0 spiro atoms. The van der Waals surface area contributed by atoms with Gasteiger partial charge in [-0.25, -0.2) is 9.07 Å². The molecule has 9 heteroatoms. The van der Waals surface area contributed by atoms with Crippen molar-refractivity contribution in [1.29, 1.82) is 0 Å². The van der Waals surface area contributed by atoms with Gasteiger partial charge in [0.2, 0.25) is 0 Å². The van der Waals surface area contributed by atoms with Gasteiger partial charge >= 0.3 is 6.18 Å². The average Bonchev–Trinajstić information content (AvgIpc) is 3.13. The maximum absolute atomic E-state index is 13.7. The molecule has 0 bridgehead atoms. The first kappa shape index (κ1) is 19.1. The minimum absolute atomic E-state index is 0.0859. The lowest BCUT2D eigenvalue weighted by Crippen LogP contribution is -2.23. The molecule has 0 aliphatic heterocycles. The Bertz CT molecular complexity index is 967. The predicted octanol–water partition coefficient (Wildman–Crippen LogP) is 4.72. The Kier molecular flexibility index (Phi) is 5.31. The molecule has 0 aliphatic carbocycles. The fourth-order valence-corrected chi connectivity index (χ4v) is 2.70. The van der Waals surface area contributed by atoms with Crippen LogP contribution in [0.2, 0.25) is 0 Å². The minimum atomic E-state index is -4.50. The standard InChI is InChI=1S/C18H12BrF4N3O/c19-12-3-6-15(20)14(9-12)17(27)24-10-11-1-4-13(5-2-11)26-8-7-16(25-26)18(21,22)23/h1-9H,10H2,(H,24,27). The molecule has 1 heterocycles. The zero-order valence-corrected chi connectivity index (χ0v) is 15.2. The molecule has 0 saturated carbocycles. The molecular weight excluding hydrogens is 430 g/mol. The second-order valence-corrected chi connectivity index (χ2v) is 6.53. The van der Waals surface area contributed by atoms with Crippen molar-refractivity contribution in [2.45, 2.75) is 12.7 Å². The zero-order valence-electron chi connectivity index (χ0n) is 13.6. The third kappa shape index (κ3) is 4.54. The molecule has 0 fully saturated rings. The summed E-state index contributed by atoms with van der Waals surface area (Å²) in [4.78, 5) is 12.1. The average molecular weight is 442 g/mol. The molecule has 0 radical (unpaired) electrons. The normalized spacial score (nSPS) is 11.4. The summed E-state index contributed by atoms with van der Waals surface area (Å²) >= 11 is 3.18. The molecule has 0 unspecified atom stereocenters. The van der Waals surface area contributed by atoms with Crippen LogP contribution in [0.25, 0.3) is 5.69 Å². The van der Waals surface area contributed by atoms with Crippen molar-refractivity contribution in [1.82, 2.24) is 15.1 Å². The van der Waals surface area contributed by atoms with E-state index < -0.39 is 23.6 Å². The van der Waals surface area contributed by atoms with Gasteiger partial charge in [-0.2, -0.15) is 18.3 Å². The quantitative estimate of drug-likeness (QED) is 0.595. The lowest BCUT2D eigenvalue weighted by molar-refractivity contribution is -0.141. The molecule has 27 heavy (non-hydrogen) atoms. The summed E-state index contributed by atoms with van der Waals surface area (Å²) in [5.74, 6) is -1.20. The van der Waals surface area contributed by atoms with Crippen LogP contribution in [0.15, 0.2) is 59.2 Å². The van der Waals surface area contributed by atoms with Gasteiger partial charge < -0.3 is 5.32 Å². The number of carbonyl (C=O) groups excluding carboxylic acids is 1. The lowest BCUT2D eigenvalue weighted by Gasteiger charge is -2.08. The minimum Gasteiger partial charge on any atom is -0.348 e. The van der Waals surface area contributed by atoms with Crippen LogP contribution in [0.1, 0.15) is 21.6 Å². The van der Waals surface area contributed by atoms with Crippen LogP contribution >= 0.6 is 15.9 Å². The maximum atomic E-state index is 13.7. The number of carbonyl (C=O) groups is 1. The van der Waals surface area contributed by atoms with E-state index in [1.165, 1.54) is 24.4 Å². The Morgan fingerprint density at radius 1 is 1.11 bits per heavy atom. The fourth-order valence-electron chi connectivity index (χ4n) is 2.33. The Morgan fingerprint density at radius 3 is 2.44 bits per heavy atom. The molecule has 3 rings (SSSR count). The number of halogens is 5. The van der Waals surface area contributed by atoms with E-state index in [4.69, 9.17) is 0 Å². The van der Waals surface area contributed by atoms with Crippen molar-refractivity contribution in [2.24, 2.45) is 0 Å². The predicted molar refractivity (Wildman–Crippen MR) is 93.8 cm³/mol. The van der Waals surface area contributed by atoms with E-state index in [0.29, 0.717) is 15.7 Å². The van der Waals surface area contributed by atoms with E-state index in [-0.39, 0.29) is 12.1 Å². The van der Waals surface area contributed by atoms with Crippen LogP contribution in [0.5, 0.6) is 0 Å². The number of rotatable bonds is 4. The number of aromatic nitrogens is 2. The number of nitrogens with one attached hydrogen (secondary N) is 1. The summed E-state index contributed by atoms with van der Waals surface area (Å²) in [6.07, 6.45) is -3.28. The highest BCUT2D eigenvalue weighted by Crippen LogP contribution is 2.27. The van der Waals surface area contributed by atoms with Gasteiger partial charge in [-0.15, -0.1) is 0 Å². The summed E-state index contributed by atoms with van der Waals surface area (Å²) in [5.41, 5.74) is 0.0800. The van der Waals surface area contributed by atoms with Crippen LogP contribution in [0.4, 0.5) is 17.6 Å². The number of amides is 1. The van der Waals surface area contributed by atoms with Gasteiger partial charge in [0.05, 0.1) is 11.3 Å². The van der Waals surface area contributed by atoms with Crippen molar-refractivity contribution >= 4 is 21.8 Å². The summed E-state index contributed by atoms with van der Waals surface area (Å²) < 4.78 is 53.2. The smallest absolute Gasteiger partial charge is 0.348 e. The first-order valence-corrected chi connectivity index (χ1v) is 8.49. The van der Waals surface area contributed by atoms with Gasteiger partial charge in [0.1, 0.15) is 5.82 Å². The summed E-state index contributed by atoms with van der Waals surface area (Å²) in [7, 11) is 0. The highest BCUT2D eigenvalue weighted by atomic mass is 79.9. The zero-order chi connectivity index (χ0) is 19.6. The van der Waals surface area contributed by atoms with Gasteiger partial charge in [0, 0.05) is 17.2 Å². The Hall–Kier alpha value is -2.68.